The van der Waals surface area contributed by atoms with Crippen molar-refractivity contribution in [1.82, 2.24) is 9.97 Å². The SMILES string of the molecule is Cc1cccc2c(=O)[nH]c(COC(=O)c3cc4ccccc4cc3O)nc12. The third kappa shape index (κ3) is 3.13. The Hall–Kier alpha value is -3.67. The number of esters is 1. The molecule has 4 rings (SSSR count). The summed E-state index contributed by atoms with van der Waals surface area (Å²) in [6.07, 6.45) is 0. The average Bonchev–Trinajstić information content (AvgIpc) is 2.66. The topological polar surface area (TPSA) is 92.3 Å². The maximum atomic E-state index is 12.4. The maximum absolute atomic E-state index is 12.4. The molecule has 134 valence electrons. The van der Waals surface area contributed by atoms with E-state index in [0.717, 1.165) is 16.3 Å². The number of nitrogens with zero attached hydrogens (tertiary/aromatic N) is 1. The Balaban J connectivity index is 1.61. The second kappa shape index (κ2) is 6.57. The first-order valence-electron chi connectivity index (χ1n) is 8.40. The lowest BCUT2D eigenvalue weighted by atomic mass is 10.1. The molecule has 2 N–H and O–H groups in total. The van der Waals surface area contributed by atoms with Crippen molar-refractivity contribution in [2.75, 3.05) is 0 Å². The van der Waals surface area contributed by atoms with Crippen LogP contribution in [0.2, 0.25) is 0 Å². The predicted octanol–water partition coefficient (Wildman–Crippen LogP) is 3.45. The number of nitrogens with one attached hydrogen (secondary N) is 1. The number of para-hydroxylation sites is 1. The van der Waals surface area contributed by atoms with Crippen LogP contribution in [0.4, 0.5) is 0 Å². The van der Waals surface area contributed by atoms with Gasteiger partial charge in [-0.3, -0.25) is 4.79 Å². The van der Waals surface area contributed by atoms with E-state index in [-0.39, 0.29) is 29.3 Å². The third-order valence-corrected chi connectivity index (χ3v) is 4.41. The first-order valence-corrected chi connectivity index (χ1v) is 8.40. The number of H-pyrrole nitrogens is 1. The van der Waals surface area contributed by atoms with Crippen molar-refractivity contribution >= 4 is 27.6 Å². The summed E-state index contributed by atoms with van der Waals surface area (Å²) in [5.41, 5.74) is 1.20. The normalized spacial score (nSPS) is 11.0. The van der Waals surface area contributed by atoms with E-state index in [2.05, 4.69) is 9.97 Å². The zero-order chi connectivity index (χ0) is 19.0. The highest BCUT2D eigenvalue weighted by atomic mass is 16.5. The van der Waals surface area contributed by atoms with Gasteiger partial charge in [-0.25, -0.2) is 9.78 Å². The molecule has 0 aliphatic heterocycles. The zero-order valence-corrected chi connectivity index (χ0v) is 14.5. The number of ether oxygens (including phenoxy) is 1. The fraction of sp³-hybridized carbons (Fsp3) is 0.0952. The lowest BCUT2D eigenvalue weighted by molar-refractivity contribution is 0.0459. The number of aromatic nitrogens is 2. The van der Waals surface area contributed by atoms with Gasteiger partial charge in [-0.2, -0.15) is 0 Å². The van der Waals surface area contributed by atoms with Crippen LogP contribution in [0.3, 0.4) is 0 Å². The lowest BCUT2D eigenvalue weighted by Crippen LogP contribution is -2.15. The number of hydrogen-bond acceptors (Lipinski definition) is 5. The van der Waals surface area contributed by atoms with Gasteiger partial charge in [0.1, 0.15) is 23.7 Å². The molecule has 27 heavy (non-hydrogen) atoms. The molecule has 0 radical (unpaired) electrons. The Morgan fingerprint density at radius 3 is 2.63 bits per heavy atom. The van der Waals surface area contributed by atoms with Gasteiger partial charge in [-0.15, -0.1) is 0 Å². The molecule has 1 heterocycles. The van der Waals surface area contributed by atoms with E-state index in [1.54, 1.807) is 18.2 Å². The first-order chi connectivity index (χ1) is 13.0. The minimum Gasteiger partial charge on any atom is -0.507 e. The number of fused-ring (bicyclic) bond motifs is 2. The second-order valence-corrected chi connectivity index (χ2v) is 6.28. The van der Waals surface area contributed by atoms with Crippen LogP contribution in [0.5, 0.6) is 5.75 Å². The number of aryl methyl sites for hydroxylation is 1. The van der Waals surface area contributed by atoms with Crippen LogP contribution in [-0.4, -0.2) is 21.0 Å². The Morgan fingerprint density at radius 2 is 1.85 bits per heavy atom. The molecule has 0 unspecified atom stereocenters. The minimum atomic E-state index is -0.689. The van der Waals surface area contributed by atoms with E-state index in [4.69, 9.17) is 4.74 Å². The van der Waals surface area contributed by atoms with Gasteiger partial charge in [0.15, 0.2) is 0 Å². The molecule has 0 amide bonds. The van der Waals surface area contributed by atoms with E-state index in [1.807, 2.05) is 37.3 Å². The standard InChI is InChI=1S/C21H16N2O4/c1-12-5-4-8-15-19(12)22-18(23-20(15)25)11-27-21(26)16-9-13-6-2-3-7-14(13)10-17(16)24/h2-10,24H,11H2,1H3,(H,22,23,25). The summed E-state index contributed by atoms with van der Waals surface area (Å²) in [6.45, 7) is 1.66. The number of phenolic OH excluding ortho intramolecular Hbond substituents is 1. The molecule has 0 fully saturated rings. The van der Waals surface area contributed by atoms with Crippen LogP contribution < -0.4 is 5.56 Å². The van der Waals surface area contributed by atoms with Crippen molar-refractivity contribution in [3.8, 4) is 5.75 Å². The average molecular weight is 360 g/mol. The Labute approximate surface area is 154 Å². The monoisotopic (exact) mass is 360 g/mol. The van der Waals surface area contributed by atoms with Crippen LogP contribution in [0.25, 0.3) is 21.7 Å². The third-order valence-electron chi connectivity index (χ3n) is 4.41. The maximum Gasteiger partial charge on any atom is 0.342 e. The summed E-state index contributed by atoms with van der Waals surface area (Å²) < 4.78 is 5.26. The summed E-state index contributed by atoms with van der Waals surface area (Å²) in [6, 6.07) is 15.8. The number of hydrogen-bond donors (Lipinski definition) is 2. The molecule has 0 aliphatic rings. The van der Waals surface area contributed by atoms with Gasteiger partial charge < -0.3 is 14.8 Å². The Morgan fingerprint density at radius 1 is 1.11 bits per heavy atom. The summed E-state index contributed by atoms with van der Waals surface area (Å²) >= 11 is 0. The molecule has 0 spiro atoms. The van der Waals surface area contributed by atoms with Crippen molar-refractivity contribution < 1.29 is 14.6 Å². The molecule has 3 aromatic carbocycles. The predicted molar refractivity (Wildman–Crippen MR) is 102 cm³/mol. The number of aromatic amines is 1. The molecule has 0 atom stereocenters. The summed E-state index contributed by atoms with van der Waals surface area (Å²) in [7, 11) is 0. The lowest BCUT2D eigenvalue weighted by Gasteiger charge is -2.09. The Bertz CT molecular complexity index is 1240. The van der Waals surface area contributed by atoms with Crippen LogP contribution in [0.15, 0.2) is 59.4 Å². The van der Waals surface area contributed by atoms with Crippen molar-refractivity contribution in [2.24, 2.45) is 0 Å². The fourth-order valence-corrected chi connectivity index (χ4v) is 3.02. The molecule has 0 saturated carbocycles. The van der Waals surface area contributed by atoms with Gasteiger partial charge in [0.2, 0.25) is 0 Å². The van der Waals surface area contributed by atoms with Crippen LogP contribution in [0, 0.1) is 6.92 Å². The number of aromatic hydroxyl groups is 1. The van der Waals surface area contributed by atoms with Crippen molar-refractivity contribution in [1.29, 1.82) is 0 Å². The number of carbonyl (C=O) groups is 1. The highest BCUT2D eigenvalue weighted by molar-refractivity contribution is 5.98. The smallest absolute Gasteiger partial charge is 0.342 e. The van der Waals surface area contributed by atoms with Gasteiger partial charge in [-0.1, -0.05) is 36.4 Å². The zero-order valence-electron chi connectivity index (χ0n) is 14.5. The van der Waals surface area contributed by atoms with Gasteiger partial charge in [0.25, 0.3) is 5.56 Å². The molecule has 1 aromatic heterocycles. The summed E-state index contributed by atoms with van der Waals surface area (Å²) in [4.78, 5) is 31.6. The van der Waals surface area contributed by atoms with Gasteiger partial charge in [0.05, 0.1) is 10.9 Å². The van der Waals surface area contributed by atoms with Gasteiger partial charge in [-0.05, 0) is 41.5 Å². The molecule has 0 aliphatic carbocycles. The van der Waals surface area contributed by atoms with E-state index < -0.39 is 5.97 Å². The number of phenols is 1. The quantitative estimate of drug-likeness (QED) is 0.546. The van der Waals surface area contributed by atoms with Crippen LogP contribution in [-0.2, 0) is 11.3 Å². The minimum absolute atomic E-state index is 0.0630. The molecule has 0 saturated heterocycles. The van der Waals surface area contributed by atoms with E-state index in [0.29, 0.717) is 10.9 Å². The summed E-state index contributed by atoms with van der Waals surface area (Å²) in [5.74, 6) is -0.601. The number of rotatable bonds is 3. The molecular weight excluding hydrogens is 344 g/mol. The fourth-order valence-electron chi connectivity index (χ4n) is 3.02. The van der Waals surface area contributed by atoms with Crippen LogP contribution >= 0.6 is 0 Å². The molecule has 6 heteroatoms. The van der Waals surface area contributed by atoms with Crippen molar-refractivity contribution in [2.45, 2.75) is 13.5 Å². The first kappa shape index (κ1) is 16.8. The van der Waals surface area contributed by atoms with E-state index in [1.165, 1.54) is 6.07 Å². The van der Waals surface area contributed by atoms with Crippen molar-refractivity contribution in [3.63, 3.8) is 0 Å². The van der Waals surface area contributed by atoms with E-state index >= 15 is 0 Å². The highest BCUT2D eigenvalue weighted by Crippen LogP contribution is 2.25. The number of carbonyl (C=O) groups excluding carboxylic acids is 1. The number of benzene rings is 3. The van der Waals surface area contributed by atoms with Crippen LogP contribution in [0.1, 0.15) is 21.7 Å². The van der Waals surface area contributed by atoms with Gasteiger partial charge >= 0.3 is 5.97 Å². The second-order valence-electron chi connectivity index (χ2n) is 6.28. The van der Waals surface area contributed by atoms with E-state index in [9.17, 15) is 14.7 Å². The molecule has 0 bridgehead atoms. The van der Waals surface area contributed by atoms with Crippen molar-refractivity contribution in [3.05, 3.63) is 81.9 Å². The largest absolute Gasteiger partial charge is 0.507 e. The van der Waals surface area contributed by atoms with Gasteiger partial charge in [0, 0.05) is 0 Å². The molecular formula is C21H16N2O4. The Kier molecular flexibility index (Phi) is 4.08. The molecule has 6 nitrogen and oxygen atoms in total. The summed E-state index contributed by atoms with van der Waals surface area (Å²) in [5, 5.41) is 12.2. The molecule has 4 aromatic rings. The highest BCUT2D eigenvalue weighted by Gasteiger charge is 2.15.